The van der Waals surface area contributed by atoms with Gasteiger partial charge in [0.2, 0.25) is 6.41 Å². The number of hydrogen-bond acceptors (Lipinski definition) is 3. The van der Waals surface area contributed by atoms with E-state index in [0.717, 1.165) is 0 Å². The summed E-state index contributed by atoms with van der Waals surface area (Å²) in [5.74, 6) is 0.151. The Labute approximate surface area is 80.7 Å². The van der Waals surface area contributed by atoms with Crippen molar-refractivity contribution in [1.82, 2.24) is 5.32 Å². The number of carboxylic acid groups (broad SMARTS) is 1. The molecule has 14 heavy (non-hydrogen) atoms. The Morgan fingerprint density at radius 3 is 2.86 bits per heavy atom. The van der Waals surface area contributed by atoms with Gasteiger partial charge in [0, 0.05) is 0 Å². The lowest BCUT2D eigenvalue weighted by Crippen LogP contribution is -2.21. The number of furan rings is 1. The number of nitrogens with one attached hydrogen (secondary N) is 1. The summed E-state index contributed by atoms with van der Waals surface area (Å²) in [5, 5.41) is 11.0. The van der Waals surface area contributed by atoms with Gasteiger partial charge in [0.25, 0.3) is 0 Å². The minimum Gasteiger partial charge on any atom is -0.481 e. The first kappa shape index (κ1) is 10.3. The van der Waals surface area contributed by atoms with Gasteiger partial charge >= 0.3 is 5.97 Å². The monoisotopic (exact) mass is 197 g/mol. The highest BCUT2D eigenvalue weighted by molar-refractivity contribution is 5.68. The minimum absolute atomic E-state index is 0.189. The van der Waals surface area contributed by atoms with Gasteiger partial charge in [-0.25, -0.2) is 0 Å². The van der Waals surface area contributed by atoms with E-state index >= 15 is 0 Å². The predicted octanol–water partition coefficient (Wildman–Crippen LogP) is 0.850. The summed E-state index contributed by atoms with van der Waals surface area (Å²) in [6.45, 7) is 1.75. The fraction of sp³-hybridized carbons (Fsp3) is 0.333. The van der Waals surface area contributed by atoms with E-state index in [1.807, 2.05) is 0 Å². The highest BCUT2D eigenvalue weighted by atomic mass is 16.4. The predicted molar refractivity (Wildman–Crippen MR) is 47.6 cm³/mol. The molecule has 0 spiro atoms. The largest absolute Gasteiger partial charge is 0.481 e. The number of rotatable bonds is 5. The van der Waals surface area contributed by atoms with E-state index in [0.29, 0.717) is 17.9 Å². The molecule has 0 saturated carbocycles. The Hall–Kier alpha value is -1.78. The molecule has 76 valence electrons. The van der Waals surface area contributed by atoms with E-state index in [1.165, 1.54) is 0 Å². The Balaban J connectivity index is 2.76. The second-order valence-electron chi connectivity index (χ2n) is 2.88. The maximum absolute atomic E-state index is 10.5. The summed E-state index contributed by atoms with van der Waals surface area (Å²) in [7, 11) is 0. The molecule has 1 heterocycles. The third-order valence-electron chi connectivity index (χ3n) is 1.75. The zero-order valence-corrected chi connectivity index (χ0v) is 7.69. The van der Waals surface area contributed by atoms with Crippen molar-refractivity contribution in [3.05, 3.63) is 23.7 Å². The van der Waals surface area contributed by atoms with E-state index in [-0.39, 0.29) is 6.42 Å². The summed E-state index contributed by atoms with van der Waals surface area (Å²) >= 11 is 0. The Morgan fingerprint density at radius 1 is 1.71 bits per heavy atom. The molecule has 1 aromatic rings. The average Bonchev–Trinajstić information content (AvgIpc) is 2.50. The Kier molecular flexibility index (Phi) is 3.28. The van der Waals surface area contributed by atoms with Crippen LogP contribution in [0.5, 0.6) is 0 Å². The van der Waals surface area contributed by atoms with Crippen LogP contribution in [0.1, 0.15) is 24.0 Å². The quantitative estimate of drug-likeness (QED) is 0.686. The van der Waals surface area contributed by atoms with E-state index in [1.54, 1.807) is 19.1 Å². The molecule has 1 amide bonds. The van der Waals surface area contributed by atoms with Crippen molar-refractivity contribution in [1.29, 1.82) is 0 Å². The van der Waals surface area contributed by atoms with Crippen molar-refractivity contribution in [3.63, 3.8) is 0 Å². The first-order chi connectivity index (χ1) is 6.63. The minimum atomic E-state index is -0.988. The topological polar surface area (TPSA) is 79.5 Å². The molecule has 1 aromatic heterocycles. The molecule has 5 nitrogen and oxygen atoms in total. The van der Waals surface area contributed by atoms with Gasteiger partial charge in [-0.15, -0.1) is 0 Å². The molecule has 2 N–H and O–H groups in total. The van der Waals surface area contributed by atoms with Crippen LogP contribution in [0.4, 0.5) is 0 Å². The van der Waals surface area contributed by atoms with Gasteiger partial charge in [0.05, 0.1) is 12.5 Å². The lowest BCUT2D eigenvalue weighted by Gasteiger charge is -2.10. The molecule has 5 heteroatoms. The molecule has 0 aliphatic carbocycles. The van der Waals surface area contributed by atoms with Crippen molar-refractivity contribution in [2.45, 2.75) is 19.4 Å². The zero-order chi connectivity index (χ0) is 10.6. The Bertz CT molecular complexity index is 331. The standard InChI is InChI=1S/C9H11NO4/c1-6-2-3-8(14-6)7(10-5-11)4-9(12)13/h2-3,5,7H,4H2,1H3,(H,10,11)(H,12,13)/t7-/m1/s1. The lowest BCUT2D eigenvalue weighted by molar-refractivity contribution is -0.137. The molecule has 0 unspecified atom stereocenters. The van der Waals surface area contributed by atoms with Crippen molar-refractivity contribution in [2.75, 3.05) is 0 Å². The molecule has 0 radical (unpaired) electrons. The van der Waals surface area contributed by atoms with Crippen molar-refractivity contribution < 1.29 is 19.1 Å². The summed E-state index contributed by atoms with van der Waals surface area (Å²) in [6.07, 6.45) is 0.275. The van der Waals surface area contributed by atoms with Crippen molar-refractivity contribution in [2.24, 2.45) is 0 Å². The second kappa shape index (κ2) is 4.45. The van der Waals surface area contributed by atoms with Gasteiger partial charge in [-0.1, -0.05) is 0 Å². The molecule has 0 fully saturated rings. The molecule has 0 aromatic carbocycles. The number of aliphatic carboxylic acids is 1. The fourth-order valence-electron chi connectivity index (χ4n) is 1.14. The maximum atomic E-state index is 10.5. The van der Waals surface area contributed by atoms with Crippen LogP contribution in [0.3, 0.4) is 0 Å². The lowest BCUT2D eigenvalue weighted by atomic mass is 10.1. The third kappa shape index (κ3) is 2.62. The normalized spacial score (nSPS) is 12.1. The smallest absolute Gasteiger partial charge is 0.305 e. The van der Waals surface area contributed by atoms with E-state index < -0.39 is 12.0 Å². The molecule has 0 saturated heterocycles. The summed E-state index contributed by atoms with van der Waals surface area (Å²) in [5.41, 5.74) is 0. The number of carbonyl (C=O) groups is 2. The highest BCUT2D eigenvalue weighted by Gasteiger charge is 2.17. The number of amides is 1. The maximum Gasteiger partial charge on any atom is 0.305 e. The van der Waals surface area contributed by atoms with Crippen LogP contribution in [0, 0.1) is 6.92 Å². The number of aryl methyl sites for hydroxylation is 1. The van der Waals surface area contributed by atoms with Crippen LogP contribution >= 0.6 is 0 Å². The van der Waals surface area contributed by atoms with Crippen LogP contribution < -0.4 is 5.32 Å². The molecule has 0 aliphatic heterocycles. The van der Waals surface area contributed by atoms with Crippen LogP contribution in [-0.4, -0.2) is 17.5 Å². The number of carbonyl (C=O) groups excluding carboxylic acids is 1. The molecule has 0 bridgehead atoms. The number of hydrogen-bond donors (Lipinski definition) is 2. The summed E-state index contributed by atoms with van der Waals surface area (Å²) < 4.78 is 5.21. The van der Waals surface area contributed by atoms with Gasteiger partial charge in [-0.3, -0.25) is 9.59 Å². The van der Waals surface area contributed by atoms with Crippen LogP contribution in [0.25, 0.3) is 0 Å². The summed E-state index contributed by atoms with van der Waals surface area (Å²) in [4.78, 5) is 20.7. The van der Waals surface area contributed by atoms with Gasteiger partial charge in [0.15, 0.2) is 0 Å². The first-order valence-corrected chi connectivity index (χ1v) is 4.11. The highest BCUT2D eigenvalue weighted by Crippen LogP contribution is 2.18. The van der Waals surface area contributed by atoms with Gasteiger partial charge < -0.3 is 14.8 Å². The molecular formula is C9H11NO4. The molecule has 0 aliphatic rings. The van der Waals surface area contributed by atoms with Crippen molar-refractivity contribution >= 4 is 12.4 Å². The van der Waals surface area contributed by atoms with E-state index in [4.69, 9.17) is 9.52 Å². The van der Waals surface area contributed by atoms with Crippen molar-refractivity contribution in [3.8, 4) is 0 Å². The van der Waals surface area contributed by atoms with E-state index in [2.05, 4.69) is 5.32 Å². The van der Waals surface area contributed by atoms with Crippen LogP contribution in [-0.2, 0) is 9.59 Å². The number of carboxylic acids is 1. The first-order valence-electron chi connectivity index (χ1n) is 4.11. The second-order valence-corrected chi connectivity index (χ2v) is 2.88. The van der Waals surface area contributed by atoms with Crippen LogP contribution in [0.2, 0.25) is 0 Å². The van der Waals surface area contributed by atoms with Gasteiger partial charge in [-0.2, -0.15) is 0 Å². The average molecular weight is 197 g/mol. The fourth-order valence-corrected chi connectivity index (χ4v) is 1.14. The Morgan fingerprint density at radius 2 is 2.43 bits per heavy atom. The van der Waals surface area contributed by atoms with Crippen LogP contribution in [0.15, 0.2) is 16.5 Å². The van der Waals surface area contributed by atoms with Gasteiger partial charge in [-0.05, 0) is 19.1 Å². The van der Waals surface area contributed by atoms with Gasteiger partial charge in [0.1, 0.15) is 11.5 Å². The third-order valence-corrected chi connectivity index (χ3v) is 1.75. The molecule has 1 atom stereocenters. The molecular weight excluding hydrogens is 186 g/mol. The van der Waals surface area contributed by atoms with E-state index in [9.17, 15) is 9.59 Å². The SMILES string of the molecule is Cc1ccc([C@@H](CC(=O)O)NC=O)o1. The zero-order valence-electron chi connectivity index (χ0n) is 7.69. The molecule has 1 rings (SSSR count). The summed E-state index contributed by atoms with van der Waals surface area (Å²) in [6, 6.07) is 2.77.